The zero-order valence-electron chi connectivity index (χ0n) is 6.74. The van der Waals surface area contributed by atoms with Gasteiger partial charge in [0, 0.05) is 12.1 Å². The van der Waals surface area contributed by atoms with Crippen LogP contribution in [0.2, 0.25) is 0 Å². The molecule has 2 heteroatoms. The largest absolute Gasteiger partial charge is 0.375 e. The van der Waals surface area contributed by atoms with Crippen molar-refractivity contribution in [3.05, 3.63) is 12.2 Å². The van der Waals surface area contributed by atoms with Crippen LogP contribution in [0, 0.1) is 0 Å². The third kappa shape index (κ3) is 2.12. The summed E-state index contributed by atoms with van der Waals surface area (Å²) in [4.78, 5) is 0. The van der Waals surface area contributed by atoms with E-state index < -0.39 is 0 Å². The summed E-state index contributed by atoms with van der Waals surface area (Å²) in [7, 11) is 0. The topological polar surface area (TPSA) is 21.3 Å². The van der Waals surface area contributed by atoms with Crippen LogP contribution in [0.4, 0.5) is 0 Å². The van der Waals surface area contributed by atoms with Gasteiger partial charge in [-0.2, -0.15) is 0 Å². The van der Waals surface area contributed by atoms with E-state index in [9.17, 15) is 0 Å². The lowest BCUT2D eigenvalue weighted by atomic mass is 10.1. The first-order valence-corrected chi connectivity index (χ1v) is 3.60. The monoisotopic (exact) mass is 141 g/mol. The molecule has 0 bridgehead atoms. The number of hydrogen-bond donors (Lipinski definition) is 1. The highest BCUT2D eigenvalue weighted by atomic mass is 16.5. The smallest absolute Gasteiger partial charge is 0.0687 e. The Bertz CT molecular complexity index is 140. The van der Waals surface area contributed by atoms with Crippen molar-refractivity contribution in [2.75, 3.05) is 19.8 Å². The first-order valence-electron chi connectivity index (χ1n) is 3.60. The van der Waals surface area contributed by atoms with Gasteiger partial charge in [-0.25, -0.2) is 0 Å². The van der Waals surface area contributed by atoms with Gasteiger partial charge in [0.25, 0.3) is 0 Å². The Labute approximate surface area is 62.3 Å². The third-order valence-corrected chi connectivity index (χ3v) is 1.59. The van der Waals surface area contributed by atoms with Gasteiger partial charge in [-0.05, 0) is 19.4 Å². The minimum Gasteiger partial charge on any atom is -0.375 e. The van der Waals surface area contributed by atoms with E-state index in [0.29, 0.717) is 6.61 Å². The molecule has 58 valence electrons. The molecule has 1 rings (SSSR count). The maximum Gasteiger partial charge on any atom is 0.0687 e. The molecule has 0 atom stereocenters. The summed E-state index contributed by atoms with van der Waals surface area (Å²) in [5, 5.41) is 3.35. The Morgan fingerprint density at radius 1 is 1.60 bits per heavy atom. The van der Waals surface area contributed by atoms with Gasteiger partial charge in [-0.1, -0.05) is 6.58 Å². The minimum atomic E-state index is 0.111. The van der Waals surface area contributed by atoms with Crippen LogP contribution in [0.25, 0.3) is 0 Å². The Morgan fingerprint density at radius 2 is 2.30 bits per heavy atom. The van der Waals surface area contributed by atoms with Crippen LogP contribution in [0.5, 0.6) is 0 Å². The van der Waals surface area contributed by atoms with Crippen molar-refractivity contribution in [1.29, 1.82) is 0 Å². The van der Waals surface area contributed by atoms with Gasteiger partial charge in [0.2, 0.25) is 0 Å². The molecule has 0 spiro atoms. The van der Waals surface area contributed by atoms with Crippen LogP contribution in [0.1, 0.15) is 13.8 Å². The van der Waals surface area contributed by atoms with Crippen molar-refractivity contribution >= 4 is 0 Å². The molecule has 1 heterocycles. The van der Waals surface area contributed by atoms with E-state index in [1.54, 1.807) is 0 Å². The summed E-state index contributed by atoms with van der Waals surface area (Å²) >= 11 is 0. The summed E-state index contributed by atoms with van der Waals surface area (Å²) < 4.78 is 5.36. The fraction of sp³-hybridized carbons (Fsp3) is 0.750. The second-order valence-electron chi connectivity index (χ2n) is 3.48. The first-order chi connectivity index (χ1) is 4.60. The molecule has 2 nitrogen and oxygen atoms in total. The van der Waals surface area contributed by atoms with E-state index >= 15 is 0 Å². The first kappa shape index (κ1) is 7.76. The zero-order valence-corrected chi connectivity index (χ0v) is 6.74. The van der Waals surface area contributed by atoms with Crippen molar-refractivity contribution in [3.63, 3.8) is 0 Å². The molecule has 1 aliphatic heterocycles. The summed E-state index contributed by atoms with van der Waals surface area (Å²) in [5.74, 6) is 0. The van der Waals surface area contributed by atoms with Gasteiger partial charge in [0.05, 0.1) is 13.2 Å². The molecule has 0 aromatic heterocycles. The molecule has 0 aliphatic carbocycles. The molecule has 0 amide bonds. The van der Waals surface area contributed by atoms with E-state index in [1.165, 1.54) is 0 Å². The second-order valence-corrected chi connectivity index (χ2v) is 3.48. The van der Waals surface area contributed by atoms with Gasteiger partial charge >= 0.3 is 0 Å². The second kappa shape index (κ2) is 2.72. The van der Waals surface area contributed by atoms with Gasteiger partial charge < -0.3 is 10.1 Å². The molecule has 1 fully saturated rings. The van der Waals surface area contributed by atoms with Crippen LogP contribution >= 0.6 is 0 Å². The quantitative estimate of drug-likeness (QED) is 0.507. The summed E-state index contributed by atoms with van der Waals surface area (Å²) in [5.41, 5.74) is 1.24. The molecule has 0 radical (unpaired) electrons. The summed E-state index contributed by atoms with van der Waals surface area (Å²) in [6, 6.07) is 0. The Hall–Kier alpha value is -0.340. The lowest BCUT2D eigenvalue weighted by Gasteiger charge is -2.22. The number of hydrogen-bond acceptors (Lipinski definition) is 2. The minimum absolute atomic E-state index is 0.111. The highest BCUT2D eigenvalue weighted by Gasteiger charge is 2.19. The standard InChI is InChI=1S/C8H15NO/c1-7-4-9-8(2,3)6-10-5-7/h9H,1,4-6H2,2-3H3. The summed E-state index contributed by atoms with van der Waals surface area (Å²) in [6.45, 7) is 10.5. The number of nitrogens with one attached hydrogen (secondary N) is 1. The average Bonchev–Trinajstić information content (AvgIpc) is 1.94. The maximum atomic E-state index is 5.36. The molecule has 0 unspecified atom stereocenters. The normalized spacial score (nSPS) is 26.0. The molecule has 0 aromatic rings. The summed E-state index contributed by atoms with van der Waals surface area (Å²) in [6.07, 6.45) is 0. The predicted molar refractivity (Wildman–Crippen MR) is 42.0 cm³/mol. The highest BCUT2D eigenvalue weighted by Crippen LogP contribution is 2.08. The average molecular weight is 141 g/mol. The molecule has 0 saturated carbocycles. The molecule has 1 saturated heterocycles. The maximum absolute atomic E-state index is 5.36. The SMILES string of the molecule is C=C1CNC(C)(C)COC1. The molecular weight excluding hydrogens is 126 g/mol. The molecule has 1 N–H and O–H groups in total. The molecule has 1 aliphatic rings. The molecule has 0 aromatic carbocycles. The van der Waals surface area contributed by atoms with Crippen molar-refractivity contribution < 1.29 is 4.74 Å². The number of rotatable bonds is 0. The van der Waals surface area contributed by atoms with E-state index in [1.807, 2.05) is 0 Å². The Morgan fingerprint density at radius 3 is 3.00 bits per heavy atom. The molecular formula is C8H15NO. The van der Waals surface area contributed by atoms with Gasteiger partial charge in [0.1, 0.15) is 0 Å². The van der Waals surface area contributed by atoms with Crippen LogP contribution < -0.4 is 5.32 Å². The van der Waals surface area contributed by atoms with Crippen LogP contribution in [0.3, 0.4) is 0 Å². The van der Waals surface area contributed by atoms with E-state index in [-0.39, 0.29) is 5.54 Å². The zero-order chi connectivity index (χ0) is 7.61. The fourth-order valence-corrected chi connectivity index (χ4v) is 0.917. The van der Waals surface area contributed by atoms with Crippen molar-refractivity contribution in [3.8, 4) is 0 Å². The van der Waals surface area contributed by atoms with E-state index in [2.05, 4.69) is 25.7 Å². The third-order valence-electron chi connectivity index (χ3n) is 1.59. The fourth-order valence-electron chi connectivity index (χ4n) is 0.917. The van der Waals surface area contributed by atoms with Crippen molar-refractivity contribution in [1.82, 2.24) is 5.32 Å². The van der Waals surface area contributed by atoms with Gasteiger partial charge in [0.15, 0.2) is 0 Å². The van der Waals surface area contributed by atoms with Crippen molar-refractivity contribution in [2.24, 2.45) is 0 Å². The van der Waals surface area contributed by atoms with Crippen LogP contribution in [0.15, 0.2) is 12.2 Å². The lowest BCUT2D eigenvalue weighted by molar-refractivity contribution is 0.116. The number of ether oxygens (including phenoxy) is 1. The van der Waals surface area contributed by atoms with Crippen LogP contribution in [-0.4, -0.2) is 25.3 Å². The predicted octanol–water partition coefficient (Wildman–Crippen LogP) is 0.941. The molecule has 10 heavy (non-hydrogen) atoms. The van der Waals surface area contributed by atoms with Crippen molar-refractivity contribution in [2.45, 2.75) is 19.4 Å². The van der Waals surface area contributed by atoms with Gasteiger partial charge in [-0.15, -0.1) is 0 Å². The van der Waals surface area contributed by atoms with Crippen LogP contribution in [-0.2, 0) is 4.74 Å². The lowest BCUT2D eigenvalue weighted by Crippen LogP contribution is -2.42. The highest BCUT2D eigenvalue weighted by molar-refractivity contribution is 5.01. The Kier molecular flexibility index (Phi) is 2.11. The van der Waals surface area contributed by atoms with E-state index in [4.69, 9.17) is 4.74 Å². The van der Waals surface area contributed by atoms with Gasteiger partial charge in [-0.3, -0.25) is 0 Å². The van der Waals surface area contributed by atoms with E-state index in [0.717, 1.165) is 18.7 Å². The Balaban J connectivity index is 2.48.